The number of ether oxygens (including phenoxy) is 1. The van der Waals surface area contributed by atoms with Gasteiger partial charge in [-0.05, 0) is 37.1 Å². The first-order chi connectivity index (χ1) is 10.8. The van der Waals surface area contributed by atoms with Crippen LogP contribution in [-0.2, 0) is 19.4 Å². The van der Waals surface area contributed by atoms with E-state index in [1.54, 1.807) is 0 Å². The Kier molecular flexibility index (Phi) is 5.38. The van der Waals surface area contributed by atoms with Gasteiger partial charge in [-0.2, -0.15) is 0 Å². The fraction of sp³-hybridized carbons (Fsp3) is 0.467. The number of hydrogen-bond acceptors (Lipinski definition) is 5. The number of hydrogen-bond donors (Lipinski definition) is 2. The summed E-state index contributed by atoms with van der Waals surface area (Å²) < 4.78 is 28.1. The lowest BCUT2D eigenvalue weighted by Gasteiger charge is -2.28. The monoisotopic (exact) mass is 341 g/mol. The molecule has 0 aromatic heterocycles. The van der Waals surface area contributed by atoms with Crippen molar-refractivity contribution in [2.75, 3.05) is 19.5 Å². The molecular formula is C15H19NO6S. The molecule has 1 saturated heterocycles. The van der Waals surface area contributed by atoms with Crippen LogP contribution >= 0.6 is 0 Å². The molecule has 1 amide bonds. The molecule has 8 heteroatoms. The molecular weight excluding hydrogens is 322 g/mol. The standard InChI is InChI=1S/C15H19NO6S/c1-23(20,21)12-6-4-10(5-7-12)14(17)16-13(15(18)19)11-3-2-8-22-9-11/h4-7,11,13H,2-3,8-9H2,1H3,(H,16,17)(H,18,19). The molecule has 1 aromatic rings. The topological polar surface area (TPSA) is 110 Å². The van der Waals surface area contributed by atoms with Crippen LogP contribution in [0.1, 0.15) is 23.2 Å². The molecule has 0 bridgehead atoms. The van der Waals surface area contributed by atoms with Gasteiger partial charge in [-0.15, -0.1) is 0 Å². The third-order valence-electron chi connectivity index (χ3n) is 3.76. The fourth-order valence-electron chi connectivity index (χ4n) is 2.49. The van der Waals surface area contributed by atoms with Gasteiger partial charge in [0.1, 0.15) is 6.04 Å². The second-order valence-electron chi connectivity index (χ2n) is 5.56. The predicted octanol–water partition coefficient (Wildman–Crippen LogP) is 0.700. The van der Waals surface area contributed by atoms with Gasteiger partial charge < -0.3 is 15.2 Å². The highest BCUT2D eigenvalue weighted by atomic mass is 32.2. The second-order valence-corrected chi connectivity index (χ2v) is 7.58. The molecule has 0 aliphatic carbocycles. The number of sulfone groups is 1. The van der Waals surface area contributed by atoms with E-state index in [4.69, 9.17) is 4.74 Å². The first kappa shape index (κ1) is 17.4. The maximum absolute atomic E-state index is 12.2. The molecule has 2 N–H and O–H groups in total. The van der Waals surface area contributed by atoms with E-state index in [1.807, 2.05) is 0 Å². The number of carbonyl (C=O) groups excluding carboxylic acids is 1. The lowest BCUT2D eigenvalue weighted by atomic mass is 9.93. The number of aliphatic carboxylic acids is 1. The number of rotatable bonds is 5. The molecule has 2 atom stereocenters. The summed E-state index contributed by atoms with van der Waals surface area (Å²) in [5, 5.41) is 11.8. The Labute approximate surface area is 134 Å². The second kappa shape index (κ2) is 7.10. The largest absolute Gasteiger partial charge is 0.480 e. The Bertz CT molecular complexity index is 676. The van der Waals surface area contributed by atoms with Gasteiger partial charge >= 0.3 is 5.97 Å². The number of benzene rings is 1. The van der Waals surface area contributed by atoms with Crippen molar-refractivity contribution in [2.24, 2.45) is 5.92 Å². The summed E-state index contributed by atoms with van der Waals surface area (Å²) in [6.45, 7) is 0.897. The van der Waals surface area contributed by atoms with Gasteiger partial charge in [0.15, 0.2) is 9.84 Å². The minimum absolute atomic E-state index is 0.101. The Balaban J connectivity index is 2.10. The van der Waals surface area contributed by atoms with Crippen LogP contribution in [0.15, 0.2) is 29.2 Å². The fourth-order valence-corrected chi connectivity index (χ4v) is 3.12. The Morgan fingerprint density at radius 2 is 1.96 bits per heavy atom. The van der Waals surface area contributed by atoms with Gasteiger partial charge in [-0.3, -0.25) is 4.79 Å². The van der Waals surface area contributed by atoms with E-state index in [2.05, 4.69) is 5.32 Å². The molecule has 1 aromatic carbocycles. The summed E-state index contributed by atoms with van der Waals surface area (Å²) in [5.74, 6) is -1.94. The summed E-state index contributed by atoms with van der Waals surface area (Å²) in [4.78, 5) is 23.7. The Hall–Kier alpha value is -1.93. The van der Waals surface area contributed by atoms with E-state index in [0.717, 1.165) is 12.7 Å². The van der Waals surface area contributed by atoms with Crippen LogP contribution in [0.2, 0.25) is 0 Å². The van der Waals surface area contributed by atoms with Gasteiger partial charge in [0.2, 0.25) is 0 Å². The molecule has 23 heavy (non-hydrogen) atoms. The van der Waals surface area contributed by atoms with Crippen LogP contribution in [0, 0.1) is 5.92 Å². The predicted molar refractivity (Wildman–Crippen MR) is 82.0 cm³/mol. The molecule has 126 valence electrons. The lowest BCUT2D eigenvalue weighted by Crippen LogP contribution is -2.48. The summed E-state index contributed by atoms with van der Waals surface area (Å²) in [6, 6.07) is 4.34. The average Bonchev–Trinajstić information content (AvgIpc) is 2.52. The summed E-state index contributed by atoms with van der Waals surface area (Å²) in [5.41, 5.74) is 0.209. The van der Waals surface area contributed by atoms with Crippen LogP contribution in [0.25, 0.3) is 0 Å². The number of carboxylic acid groups (broad SMARTS) is 1. The van der Waals surface area contributed by atoms with Gasteiger partial charge in [0.05, 0.1) is 11.5 Å². The molecule has 2 rings (SSSR count). The minimum Gasteiger partial charge on any atom is -0.480 e. The van der Waals surface area contributed by atoms with E-state index in [0.29, 0.717) is 19.6 Å². The first-order valence-electron chi connectivity index (χ1n) is 7.20. The molecule has 1 aliphatic heterocycles. The molecule has 2 unspecified atom stereocenters. The molecule has 1 heterocycles. The zero-order valence-corrected chi connectivity index (χ0v) is 13.5. The number of carboxylic acids is 1. The third kappa shape index (κ3) is 4.52. The van der Waals surface area contributed by atoms with Crippen molar-refractivity contribution in [3.63, 3.8) is 0 Å². The highest BCUT2D eigenvalue weighted by molar-refractivity contribution is 7.90. The van der Waals surface area contributed by atoms with E-state index >= 15 is 0 Å². The van der Waals surface area contributed by atoms with E-state index in [1.165, 1.54) is 24.3 Å². The highest BCUT2D eigenvalue weighted by Gasteiger charge is 2.31. The summed E-state index contributed by atoms with van der Waals surface area (Å²) in [6.07, 6.45) is 2.50. The van der Waals surface area contributed by atoms with Crippen LogP contribution in [-0.4, -0.2) is 50.9 Å². The third-order valence-corrected chi connectivity index (χ3v) is 4.89. The van der Waals surface area contributed by atoms with Crippen LogP contribution in [0.5, 0.6) is 0 Å². The minimum atomic E-state index is -3.34. The SMILES string of the molecule is CS(=O)(=O)c1ccc(C(=O)NC(C(=O)O)C2CCCOC2)cc1. The van der Waals surface area contributed by atoms with Crippen molar-refractivity contribution >= 4 is 21.7 Å². The smallest absolute Gasteiger partial charge is 0.326 e. The Morgan fingerprint density at radius 1 is 1.30 bits per heavy atom. The quantitative estimate of drug-likeness (QED) is 0.816. The van der Waals surface area contributed by atoms with Crippen LogP contribution < -0.4 is 5.32 Å². The molecule has 1 fully saturated rings. The van der Waals surface area contributed by atoms with Crippen molar-refractivity contribution in [3.05, 3.63) is 29.8 Å². The first-order valence-corrected chi connectivity index (χ1v) is 9.09. The average molecular weight is 341 g/mol. The van der Waals surface area contributed by atoms with Gasteiger partial charge in [-0.25, -0.2) is 13.2 Å². The van der Waals surface area contributed by atoms with E-state index < -0.39 is 27.8 Å². The van der Waals surface area contributed by atoms with Gasteiger partial charge in [-0.1, -0.05) is 0 Å². The zero-order chi connectivity index (χ0) is 17.0. The molecule has 0 radical (unpaired) electrons. The number of carbonyl (C=O) groups is 2. The van der Waals surface area contributed by atoms with Gasteiger partial charge in [0, 0.05) is 24.3 Å². The van der Waals surface area contributed by atoms with Crippen molar-refractivity contribution in [1.82, 2.24) is 5.32 Å². The van der Waals surface area contributed by atoms with Crippen LogP contribution in [0.4, 0.5) is 0 Å². The van der Waals surface area contributed by atoms with Crippen molar-refractivity contribution < 1.29 is 27.9 Å². The van der Waals surface area contributed by atoms with Crippen LogP contribution in [0.3, 0.4) is 0 Å². The Morgan fingerprint density at radius 3 is 2.43 bits per heavy atom. The normalized spacial score (nSPS) is 19.8. The summed E-state index contributed by atoms with van der Waals surface area (Å²) >= 11 is 0. The van der Waals surface area contributed by atoms with E-state index in [-0.39, 0.29) is 16.4 Å². The van der Waals surface area contributed by atoms with Crippen molar-refractivity contribution in [3.8, 4) is 0 Å². The number of amides is 1. The zero-order valence-electron chi connectivity index (χ0n) is 12.7. The maximum Gasteiger partial charge on any atom is 0.326 e. The molecule has 0 saturated carbocycles. The van der Waals surface area contributed by atoms with Crippen molar-refractivity contribution in [1.29, 1.82) is 0 Å². The summed E-state index contributed by atoms with van der Waals surface area (Å²) in [7, 11) is -3.34. The molecule has 7 nitrogen and oxygen atoms in total. The van der Waals surface area contributed by atoms with Gasteiger partial charge in [0.25, 0.3) is 5.91 Å². The molecule has 1 aliphatic rings. The maximum atomic E-state index is 12.2. The van der Waals surface area contributed by atoms with Crippen molar-refractivity contribution in [2.45, 2.75) is 23.8 Å². The highest BCUT2D eigenvalue weighted by Crippen LogP contribution is 2.18. The number of nitrogens with one attached hydrogen (secondary N) is 1. The lowest BCUT2D eigenvalue weighted by molar-refractivity contribution is -0.142. The molecule has 0 spiro atoms. The van der Waals surface area contributed by atoms with E-state index in [9.17, 15) is 23.1 Å².